The van der Waals surface area contributed by atoms with Crippen molar-refractivity contribution < 1.29 is 9.47 Å². The summed E-state index contributed by atoms with van der Waals surface area (Å²) >= 11 is 0. The molecule has 20 heavy (non-hydrogen) atoms. The molecule has 0 heterocycles. The maximum Gasteiger partial charge on any atom is 0.161 e. The molecular weight excluding hydrogens is 250 g/mol. The standard InChI is InChI=1S/C17H29NO2/c1-12(2)20-14-9-7-13(11-15(14)19-6)8-10-16(18)17(3,4)5/h7,9,11-12,16H,8,10,18H2,1-6H3. The largest absolute Gasteiger partial charge is 0.493 e. The van der Waals surface area contributed by atoms with Gasteiger partial charge in [0.05, 0.1) is 13.2 Å². The van der Waals surface area contributed by atoms with Crippen LogP contribution in [0.4, 0.5) is 0 Å². The summed E-state index contributed by atoms with van der Waals surface area (Å²) in [5.41, 5.74) is 7.59. The summed E-state index contributed by atoms with van der Waals surface area (Å²) in [6, 6.07) is 6.32. The minimum atomic E-state index is 0.143. The molecule has 0 bridgehead atoms. The number of rotatable bonds is 6. The van der Waals surface area contributed by atoms with Crippen molar-refractivity contribution >= 4 is 0 Å². The van der Waals surface area contributed by atoms with Gasteiger partial charge < -0.3 is 15.2 Å². The molecule has 0 saturated carbocycles. The number of benzene rings is 1. The van der Waals surface area contributed by atoms with Crippen LogP contribution in [-0.2, 0) is 6.42 Å². The molecule has 0 radical (unpaired) electrons. The Morgan fingerprint density at radius 3 is 2.30 bits per heavy atom. The van der Waals surface area contributed by atoms with Crippen LogP contribution in [0.5, 0.6) is 11.5 Å². The zero-order chi connectivity index (χ0) is 15.3. The lowest BCUT2D eigenvalue weighted by molar-refractivity contribution is 0.230. The first-order valence-electron chi connectivity index (χ1n) is 7.33. The van der Waals surface area contributed by atoms with Gasteiger partial charge in [0, 0.05) is 6.04 Å². The summed E-state index contributed by atoms with van der Waals surface area (Å²) in [6.45, 7) is 10.6. The Kier molecular flexibility index (Phi) is 5.88. The van der Waals surface area contributed by atoms with Gasteiger partial charge in [0.15, 0.2) is 11.5 Å². The maximum atomic E-state index is 6.21. The highest BCUT2D eigenvalue weighted by Gasteiger charge is 2.20. The van der Waals surface area contributed by atoms with Crippen molar-refractivity contribution in [2.45, 2.75) is 59.6 Å². The van der Waals surface area contributed by atoms with Crippen molar-refractivity contribution in [1.82, 2.24) is 0 Å². The molecule has 0 aliphatic carbocycles. The molecule has 1 aromatic rings. The quantitative estimate of drug-likeness (QED) is 0.861. The first-order chi connectivity index (χ1) is 9.24. The molecule has 0 aliphatic heterocycles. The third kappa shape index (κ3) is 5.04. The van der Waals surface area contributed by atoms with Crippen LogP contribution in [0.15, 0.2) is 18.2 Å². The van der Waals surface area contributed by atoms with E-state index in [4.69, 9.17) is 15.2 Å². The van der Waals surface area contributed by atoms with Crippen LogP contribution in [0.1, 0.15) is 46.6 Å². The lowest BCUT2D eigenvalue weighted by atomic mass is 9.84. The molecule has 1 unspecified atom stereocenters. The second kappa shape index (κ2) is 6.98. The number of hydrogen-bond acceptors (Lipinski definition) is 3. The summed E-state index contributed by atoms with van der Waals surface area (Å²) in [7, 11) is 1.67. The second-order valence-electron chi connectivity index (χ2n) is 6.66. The van der Waals surface area contributed by atoms with Gasteiger partial charge in [-0.15, -0.1) is 0 Å². The Morgan fingerprint density at radius 2 is 1.80 bits per heavy atom. The van der Waals surface area contributed by atoms with Gasteiger partial charge in [0.2, 0.25) is 0 Å². The highest BCUT2D eigenvalue weighted by molar-refractivity contribution is 5.43. The van der Waals surface area contributed by atoms with E-state index in [1.807, 2.05) is 26.0 Å². The van der Waals surface area contributed by atoms with Crippen LogP contribution in [0, 0.1) is 5.41 Å². The van der Waals surface area contributed by atoms with Crippen molar-refractivity contribution in [3.8, 4) is 11.5 Å². The van der Waals surface area contributed by atoms with Crippen LogP contribution >= 0.6 is 0 Å². The molecule has 0 fully saturated rings. The van der Waals surface area contributed by atoms with E-state index in [1.165, 1.54) is 5.56 Å². The molecule has 3 nitrogen and oxygen atoms in total. The van der Waals surface area contributed by atoms with Crippen molar-refractivity contribution in [1.29, 1.82) is 0 Å². The molecule has 3 heteroatoms. The highest BCUT2D eigenvalue weighted by atomic mass is 16.5. The van der Waals surface area contributed by atoms with Gasteiger partial charge in [0.1, 0.15) is 0 Å². The normalized spacial score (nSPS) is 13.4. The molecule has 0 amide bonds. The van der Waals surface area contributed by atoms with Gasteiger partial charge in [0.25, 0.3) is 0 Å². The average Bonchev–Trinajstić information content (AvgIpc) is 2.35. The van der Waals surface area contributed by atoms with Gasteiger partial charge in [-0.25, -0.2) is 0 Å². The summed E-state index contributed by atoms with van der Waals surface area (Å²) in [5.74, 6) is 1.59. The van der Waals surface area contributed by atoms with E-state index in [1.54, 1.807) is 7.11 Å². The first kappa shape index (κ1) is 16.8. The van der Waals surface area contributed by atoms with Crippen molar-refractivity contribution in [3.63, 3.8) is 0 Å². The summed E-state index contributed by atoms with van der Waals surface area (Å²) in [4.78, 5) is 0. The predicted molar refractivity (Wildman–Crippen MR) is 84.5 cm³/mol. The molecule has 1 atom stereocenters. The Hall–Kier alpha value is -1.22. The number of methoxy groups -OCH3 is 1. The Labute approximate surface area is 123 Å². The smallest absolute Gasteiger partial charge is 0.161 e. The first-order valence-corrected chi connectivity index (χ1v) is 7.33. The minimum Gasteiger partial charge on any atom is -0.493 e. The monoisotopic (exact) mass is 279 g/mol. The summed E-state index contributed by atoms with van der Waals surface area (Å²) in [6.07, 6.45) is 2.07. The average molecular weight is 279 g/mol. The van der Waals surface area contributed by atoms with E-state index < -0.39 is 0 Å². The fourth-order valence-corrected chi connectivity index (χ4v) is 1.97. The SMILES string of the molecule is COc1cc(CCC(N)C(C)(C)C)ccc1OC(C)C. The maximum absolute atomic E-state index is 6.21. The fraction of sp³-hybridized carbons (Fsp3) is 0.647. The van der Waals surface area contributed by atoms with Gasteiger partial charge in [-0.2, -0.15) is 0 Å². The Bertz CT molecular complexity index is 421. The van der Waals surface area contributed by atoms with Crippen LogP contribution in [-0.4, -0.2) is 19.3 Å². The predicted octanol–water partition coefficient (Wildman–Crippen LogP) is 3.79. The Balaban J connectivity index is 2.73. The number of hydrogen-bond donors (Lipinski definition) is 1. The van der Waals surface area contributed by atoms with Crippen molar-refractivity contribution in [2.24, 2.45) is 11.1 Å². The molecule has 0 saturated heterocycles. The topological polar surface area (TPSA) is 44.5 Å². The third-order valence-electron chi connectivity index (χ3n) is 3.45. The molecule has 1 aromatic carbocycles. The molecule has 2 N–H and O–H groups in total. The van der Waals surface area contributed by atoms with E-state index in [9.17, 15) is 0 Å². The molecular formula is C17H29NO2. The van der Waals surface area contributed by atoms with Gasteiger partial charge in [-0.1, -0.05) is 26.8 Å². The molecule has 1 rings (SSSR count). The zero-order valence-electron chi connectivity index (χ0n) is 13.7. The molecule has 0 aliphatic rings. The third-order valence-corrected chi connectivity index (χ3v) is 3.45. The van der Waals surface area contributed by atoms with E-state index in [2.05, 4.69) is 26.8 Å². The Morgan fingerprint density at radius 1 is 1.15 bits per heavy atom. The van der Waals surface area contributed by atoms with E-state index in [0.29, 0.717) is 0 Å². The van der Waals surface area contributed by atoms with Gasteiger partial charge >= 0.3 is 0 Å². The molecule has 0 aromatic heterocycles. The van der Waals surface area contributed by atoms with E-state index >= 15 is 0 Å². The van der Waals surface area contributed by atoms with E-state index in [0.717, 1.165) is 24.3 Å². The number of aryl methyl sites for hydroxylation is 1. The van der Waals surface area contributed by atoms with E-state index in [-0.39, 0.29) is 17.6 Å². The fourth-order valence-electron chi connectivity index (χ4n) is 1.97. The van der Waals surface area contributed by atoms with Gasteiger partial charge in [-0.05, 0) is 49.8 Å². The summed E-state index contributed by atoms with van der Waals surface area (Å²) in [5, 5.41) is 0. The lowest BCUT2D eigenvalue weighted by Gasteiger charge is -2.27. The van der Waals surface area contributed by atoms with Gasteiger partial charge in [-0.3, -0.25) is 0 Å². The van der Waals surface area contributed by atoms with Crippen LogP contribution in [0.25, 0.3) is 0 Å². The van der Waals surface area contributed by atoms with Crippen molar-refractivity contribution in [3.05, 3.63) is 23.8 Å². The minimum absolute atomic E-state index is 0.143. The summed E-state index contributed by atoms with van der Waals surface area (Å²) < 4.78 is 11.1. The lowest BCUT2D eigenvalue weighted by Crippen LogP contribution is -2.35. The molecule has 114 valence electrons. The van der Waals surface area contributed by atoms with Crippen LogP contribution < -0.4 is 15.2 Å². The molecule has 0 spiro atoms. The van der Waals surface area contributed by atoms with Crippen molar-refractivity contribution in [2.75, 3.05) is 7.11 Å². The van der Waals surface area contributed by atoms with Crippen LogP contribution in [0.3, 0.4) is 0 Å². The zero-order valence-corrected chi connectivity index (χ0v) is 13.7. The number of nitrogens with two attached hydrogens (primary N) is 1. The van der Waals surface area contributed by atoms with Crippen LogP contribution in [0.2, 0.25) is 0 Å². The second-order valence-corrected chi connectivity index (χ2v) is 6.66. The number of ether oxygens (including phenoxy) is 2. The highest BCUT2D eigenvalue weighted by Crippen LogP contribution is 2.30.